The average molecular weight is 473 g/mol. The van der Waals surface area contributed by atoms with Gasteiger partial charge < -0.3 is 15.5 Å². The van der Waals surface area contributed by atoms with Gasteiger partial charge in [-0.2, -0.15) is 10.4 Å². The molecule has 0 fully saturated rings. The van der Waals surface area contributed by atoms with Gasteiger partial charge in [0, 0.05) is 23.7 Å². The van der Waals surface area contributed by atoms with Gasteiger partial charge in [-0.15, -0.1) is 0 Å². The number of urea groups is 1. The number of rotatable bonds is 7. The van der Waals surface area contributed by atoms with E-state index in [9.17, 15) is 9.59 Å². The lowest BCUT2D eigenvalue weighted by Gasteiger charge is -2.24. The van der Waals surface area contributed by atoms with Crippen LogP contribution < -0.4 is 10.6 Å². The van der Waals surface area contributed by atoms with Crippen molar-refractivity contribution in [3.63, 3.8) is 0 Å². The molecule has 182 valence electrons. The van der Waals surface area contributed by atoms with Crippen molar-refractivity contribution in [2.24, 2.45) is 5.92 Å². The number of anilines is 2. The smallest absolute Gasteiger partial charge is 0.315 e. The van der Waals surface area contributed by atoms with E-state index in [2.05, 4.69) is 37.5 Å². The van der Waals surface area contributed by atoms with Crippen LogP contribution in [0.4, 0.5) is 16.3 Å². The van der Waals surface area contributed by atoms with Crippen LogP contribution in [0, 0.1) is 17.2 Å². The molecule has 3 aromatic rings. The fourth-order valence-corrected chi connectivity index (χ4v) is 3.49. The van der Waals surface area contributed by atoms with Crippen molar-refractivity contribution >= 4 is 23.4 Å². The standard InChI is InChI=1S/C27H32N6O2/c1-19(2)17-32(26(35)29-21-11-9-10-20(14-21)16-28)18-25(34)30-24-15-23(27(3,4)5)31-33(24)22-12-7-6-8-13-22/h6-15,19H,17-18H2,1-5H3,(H,29,35)(H,30,34). The van der Waals surface area contributed by atoms with Crippen LogP contribution in [0.2, 0.25) is 0 Å². The molecular formula is C27H32N6O2. The number of benzene rings is 2. The number of nitriles is 1. The molecule has 1 heterocycles. The number of nitrogens with one attached hydrogen (secondary N) is 2. The predicted molar refractivity (Wildman–Crippen MR) is 137 cm³/mol. The summed E-state index contributed by atoms with van der Waals surface area (Å²) in [6.07, 6.45) is 0. The fourth-order valence-electron chi connectivity index (χ4n) is 3.49. The third-order valence-corrected chi connectivity index (χ3v) is 5.20. The lowest BCUT2D eigenvalue weighted by Crippen LogP contribution is -2.42. The molecule has 0 radical (unpaired) electrons. The first-order valence-corrected chi connectivity index (χ1v) is 11.6. The SMILES string of the molecule is CC(C)CN(CC(=O)Nc1cc(C(C)(C)C)nn1-c1ccccc1)C(=O)Nc1cccc(C#N)c1. The maximum atomic E-state index is 13.1. The Morgan fingerprint density at radius 3 is 2.40 bits per heavy atom. The van der Waals surface area contributed by atoms with Crippen LogP contribution in [-0.4, -0.2) is 39.7 Å². The highest BCUT2D eigenvalue weighted by atomic mass is 16.2. The molecule has 0 bridgehead atoms. The Bertz CT molecular complexity index is 1220. The van der Waals surface area contributed by atoms with Crippen LogP contribution in [0.15, 0.2) is 60.7 Å². The van der Waals surface area contributed by atoms with Crippen LogP contribution in [0.5, 0.6) is 0 Å². The number of amides is 3. The summed E-state index contributed by atoms with van der Waals surface area (Å²) in [5, 5.41) is 19.6. The Morgan fingerprint density at radius 1 is 1.06 bits per heavy atom. The minimum atomic E-state index is -0.407. The Balaban J connectivity index is 1.80. The fraction of sp³-hybridized carbons (Fsp3) is 0.333. The second-order valence-electron chi connectivity index (χ2n) is 9.86. The van der Waals surface area contributed by atoms with Gasteiger partial charge in [-0.1, -0.05) is 58.9 Å². The zero-order valence-electron chi connectivity index (χ0n) is 20.9. The molecule has 2 aromatic carbocycles. The molecule has 1 aromatic heterocycles. The number of carbonyl (C=O) groups is 2. The molecule has 8 nitrogen and oxygen atoms in total. The van der Waals surface area contributed by atoms with E-state index in [4.69, 9.17) is 10.4 Å². The van der Waals surface area contributed by atoms with Gasteiger partial charge in [0.05, 0.1) is 23.0 Å². The largest absolute Gasteiger partial charge is 0.322 e. The molecule has 8 heteroatoms. The molecule has 0 saturated heterocycles. The zero-order chi connectivity index (χ0) is 25.6. The second-order valence-corrected chi connectivity index (χ2v) is 9.86. The summed E-state index contributed by atoms with van der Waals surface area (Å²) in [6.45, 7) is 10.4. The van der Waals surface area contributed by atoms with Crippen molar-refractivity contribution in [2.45, 2.75) is 40.0 Å². The molecule has 2 N–H and O–H groups in total. The van der Waals surface area contributed by atoms with Crippen LogP contribution in [0.1, 0.15) is 45.9 Å². The third-order valence-electron chi connectivity index (χ3n) is 5.20. The summed E-state index contributed by atoms with van der Waals surface area (Å²) < 4.78 is 1.71. The van der Waals surface area contributed by atoms with Crippen molar-refractivity contribution in [3.05, 3.63) is 71.9 Å². The van der Waals surface area contributed by atoms with Gasteiger partial charge in [0.2, 0.25) is 5.91 Å². The van der Waals surface area contributed by atoms with E-state index < -0.39 is 6.03 Å². The van der Waals surface area contributed by atoms with E-state index in [-0.39, 0.29) is 23.8 Å². The van der Waals surface area contributed by atoms with Gasteiger partial charge in [-0.05, 0) is 36.2 Å². The van der Waals surface area contributed by atoms with Crippen LogP contribution in [-0.2, 0) is 10.2 Å². The van der Waals surface area contributed by atoms with Crippen molar-refractivity contribution < 1.29 is 9.59 Å². The van der Waals surface area contributed by atoms with Crippen LogP contribution in [0.25, 0.3) is 5.69 Å². The maximum absolute atomic E-state index is 13.1. The number of carbonyl (C=O) groups excluding carboxylic acids is 2. The maximum Gasteiger partial charge on any atom is 0.322 e. The molecule has 0 unspecified atom stereocenters. The number of aromatic nitrogens is 2. The molecule has 0 atom stereocenters. The lowest BCUT2D eigenvalue weighted by molar-refractivity contribution is -0.116. The van der Waals surface area contributed by atoms with Crippen LogP contribution >= 0.6 is 0 Å². The Hall–Kier alpha value is -4.12. The van der Waals surface area contributed by atoms with E-state index in [1.807, 2.05) is 50.2 Å². The van der Waals surface area contributed by atoms with Gasteiger partial charge in [0.1, 0.15) is 12.4 Å². The summed E-state index contributed by atoms with van der Waals surface area (Å²) in [5.74, 6) is 0.364. The van der Waals surface area contributed by atoms with E-state index in [0.29, 0.717) is 23.6 Å². The van der Waals surface area contributed by atoms with Crippen LogP contribution in [0.3, 0.4) is 0 Å². The van der Waals surface area contributed by atoms with E-state index in [1.165, 1.54) is 4.90 Å². The quantitative estimate of drug-likeness (QED) is 0.495. The molecular weight excluding hydrogens is 440 g/mol. The second kappa shape index (κ2) is 10.9. The molecule has 35 heavy (non-hydrogen) atoms. The zero-order valence-corrected chi connectivity index (χ0v) is 20.9. The van der Waals surface area contributed by atoms with Crippen molar-refractivity contribution in [3.8, 4) is 11.8 Å². The molecule has 0 aliphatic rings. The van der Waals surface area contributed by atoms with Gasteiger partial charge in [-0.25, -0.2) is 9.48 Å². The summed E-state index contributed by atoms with van der Waals surface area (Å²) in [5.41, 5.74) is 2.40. The highest BCUT2D eigenvalue weighted by Crippen LogP contribution is 2.26. The number of hydrogen-bond donors (Lipinski definition) is 2. The lowest BCUT2D eigenvalue weighted by atomic mass is 9.92. The van der Waals surface area contributed by atoms with Gasteiger partial charge in [0.15, 0.2) is 0 Å². The Kier molecular flexibility index (Phi) is 7.92. The minimum absolute atomic E-state index is 0.132. The monoisotopic (exact) mass is 472 g/mol. The first-order chi connectivity index (χ1) is 16.6. The minimum Gasteiger partial charge on any atom is -0.315 e. The first kappa shape index (κ1) is 25.5. The van der Waals surface area contributed by atoms with E-state index in [0.717, 1.165) is 11.4 Å². The normalized spacial score (nSPS) is 11.1. The van der Waals surface area contributed by atoms with Gasteiger partial charge in [0.25, 0.3) is 0 Å². The average Bonchev–Trinajstić information content (AvgIpc) is 3.23. The molecule has 0 spiro atoms. The third kappa shape index (κ3) is 6.93. The predicted octanol–water partition coefficient (Wildman–Crippen LogP) is 5.17. The van der Waals surface area contributed by atoms with Crippen molar-refractivity contribution in [2.75, 3.05) is 23.7 Å². The molecule has 3 rings (SSSR count). The van der Waals surface area contributed by atoms with E-state index >= 15 is 0 Å². The van der Waals surface area contributed by atoms with Gasteiger partial charge >= 0.3 is 6.03 Å². The topological polar surface area (TPSA) is 103 Å². The van der Waals surface area contributed by atoms with Crippen molar-refractivity contribution in [1.82, 2.24) is 14.7 Å². The summed E-state index contributed by atoms with van der Waals surface area (Å²) in [7, 11) is 0. The first-order valence-electron chi connectivity index (χ1n) is 11.6. The summed E-state index contributed by atoms with van der Waals surface area (Å²) in [6, 6.07) is 19.8. The molecule has 0 saturated carbocycles. The highest BCUT2D eigenvalue weighted by molar-refractivity contribution is 5.96. The molecule has 0 aliphatic carbocycles. The Labute approximate surface area is 206 Å². The molecule has 3 amide bonds. The number of nitrogens with zero attached hydrogens (tertiary/aromatic N) is 4. The van der Waals surface area contributed by atoms with Gasteiger partial charge in [-0.3, -0.25) is 4.79 Å². The van der Waals surface area contributed by atoms with Crippen molar-refractivity contribution in [1.29, 1.82) is 5.26 Å². The highest BCUT2D eigenvalue weighted by Gasteiger charge is 2.23. The summed E-state index contributed by atoms with van der Waals surface area (Å²) >= 11 is 0. The number of para-hydroxylation sites is 1. The number of hydrogen-bond acceptors (Lipinski definition) is 4. The van der Waals surface area contributed by atoms with E-state index in [1.54, 1.807) is 28.9 Å². The summed E-state index contributed by atoms with van der Waals surface area (Å²) in [4.78, 5) is 27.5. The Morgan fingerprint density at radius 2 is 1.77 bits per heavy atom. The molecule has 0 aliphatic heterocycles.